The number of aromatic nitrogens is 1. The molecule has 2 aromatic heterocycles. The van der Waals surface area contributed by atoms with Gasteiger partial charge in [-0.1, -0.05) is 0 Å². The number of nitrogens with zero attached hydrogens (tertiary/aromatic N) is 1. The van der Waals surface area contributed by atoms with Crippen LogP contribution in [0.1, 0.15) is 35.5 Å². The van der Waals surface area contributed by atoms with E-state index in [1.165, 1.54) is 18.3 Å². The van der Waals surface area contributed by atoms with Gasteiger partial charge in [-0.3, -0.25) is 14.9 Å². The van der Waals surface area contributed by atoms with Crippen LogP contribution >= 0.6 is 27.3 Å². The molecule has 0 radical (unpaired) electrons. The van der Waals surface area contributed by atoms with E-state index >= 15 is 0 Å². The molecule has 1 aliphatic rings. The van der Waals surface area contributed by atoms with Crippen LogP contribution in [-0.4, -0.2) is 23.4 Å². The summed E-state index contributed by atoms with van der Waals surface area (Å²) in [7, 11) is 0. The van der Waals surface area contributed by atoms with Gasteiger partial charge >= 0.3 is 0 Å². The third kappa shape index (κ3) is 3.95. The number of fused-ring (bicyclic) bond motifs is 1. The van der Waals surface area contributed by atoms with E-state index in [0.29, 0.717) is 22.8 Å². The topological polar surface area (TPSA) is 93.5 Å². The summed E-state index contributed by atoms with van der Waals surface area (Å²) >= 11 is 4.50. The maximum absolute atomic E-state index is 12.2. The molecule has 0 bridgehead atoms. The molecule has 7 nitrogen and oxygen atoms in total. The summed E-state index contributed by atoms with van der Waals surface area (Å²) in [5.74, 6) is 0.524. The van der Waals surface area contributed by atoms with Gasteiger partial charge in [-0.25, -0.2) is 4.98 Å². The van der Waals surface area contributed by atoms with Gasteiger partial charge in [-0.05, 0) is 46.3 Å². The number of carbonyl (C=O) groups excluding carboxylic acids is 2. The summed E-state index contributed by atoms with van der Waals surface area (Å²) in [6, 6.07) is 8.92. The minimum absolute atomic E-state index is 0.0773. The van der Waals surface area contributed by atoms with Crippen LogP contribution in [0.25, 0.3) is 11.3 Å². The number of hydrogen-bond donors (Lipinski definition) is 2. The summed E-state index contributed by atoms with van der Waals surface area (Å²) in [6.45, 7) is 2.07. The average molecular weight is 462 g/mol. The van der Waals surface area contributed by atoms with Crippen LogP contribution in [0.15, 0.2) is 44.8 Å². The van der Waals surface area contributed by atoms with Gasteiger partial charge in [0.05, 0.1) is 18.3 Å². The van der Waals surface area contributed by atoms with E-state index in [-0.39, 0.29) is 23.6 Å². The van der Waals surface area contributed by atoms with Gasteiger partial charge in [0.2, 0.25) is 5.91 Å². The largest absolute Gasteiger partial charge is 0.493 e. The summed E-state index contributed by atoms with van der Waals surface area (Å²) < 4.78 is 11.4. The lowest BCUT2D eigenvalue weighted by atomic mass is 9.97. The van der Waals surface area contributed by atoms with Crippen molar-refractivity contribution in [1.29, 1.82) is 0 Å². The third-order valence-electron chi connectivity index (χ3n) is 4.24. The van der Waals surface area contributed by atoms with Crippen molar-refractivity contribution in [3.8, 4) is 17.0 Å². The number of rotatable bonds is 4. The Morgan fingerprint density at radius 3 is 2.89 bits per heavy atom. The number of nitrogens with one attached hydrogen (secondary N) is 2. The van der Waals surface area contributed by atoms with Crippen LogP contribution < -0.4 is 15.4 Å². The van der Waals surface area contributed by atoms with Gasteiger partial charge in [0, 0.05) is 29.9 Å². The Balaban J connectivity index is 1.55. The van der Waals surface area contributed by atoms with Crippen LogP contribution in [0.4, 0.5) is 5.13 Å². The Bertz CT molecular complexity index is 1050. The van der Waals surface area contributed by atoms with Crippen molar-refractivity contribution in [3.63, 3.8) is 0 Å². The number of benzene rings is 1. The third-order valence-corrected chi connectivity index (χ3v) is 5.43. The summed E-state index contributed by atoms with van der Waals surface area (Å²) in [6.07, 6.45) is 0.715. The molecule has 1 atom stereocenters. The number of ether oxygens (including phenoxy) is 1. The van der Waals surface area contributed by atoms with E-state index in [4.69, 9.17) is 9.15 Å². The number of hydrogen-bond acceptors (Lipinski definition) is 6. The maximum Gasteiger partial charge on any atom is 0.293 e. The molecule has 3 heterocycles. The van der Waals surface area contributed by atoms with Crippen LogP contribution in [0, 0.1) is 0 Å². The quantitative estimate of drug-likeness (QED) is 0.601. The number of halogens is 1. The van der Waals surface area contributed by atoms with E-state index in [9.17, 15) is 9.59 Å². The second-order valence-corrected chi connectivity index (χ2v) is 7.88. The van der Waals surface area contributed by atoms with E-state index in [2.05, 4.69) is 31.5 Å². The van der Waals surface area contributed by atoms with Crippen molar-refractivity contribution >= 4 is 44.2 Å². The predicted molar refractivity (Wildman–Crippen MR) is 109 cm³/mol. The molecular weight excluding hydrogens is 446 g/mol. The molecule has 1 unspecified atom stereocenters. The fraction of sp³-hybridized carbons (Fsp3) is 0.211. The molecule has 2 amide bonds. The molecule has 1 aromatic carbocycles. The number of thiazole rings is 1. The van der Waals surface area contributed by atoms with E-state index < -0.39 is 0 Å². The van der Waals surface area contributed by atoms with Crippen molar-refractivity contribution in [2.45, 2.75) is 19.4 Å². The van der Waals surface area contributed by atoms with Crippen molar-refractivity contribution in [1.82, 2.24) is 10.3 Å². The fourth-order valence-corrected chi connectivity index (χ4v) is 4.03. The summed E-state index contributed by atoms with van der Waals surface area (Å²) in [5.41, 5.74) is 2.55. The molecule has 2 N–H and O–H groups in total. The Morgan fingerprint density at radius 2 is 2.14 bits per heavy atom. The van der Waals surface area contributed by atoms with Gasteiger partial charge < -0.3 is 14.5 Å². The SMILES string of the molecule is CC(=O)NC1CCOc2ccc(-c3csc(NC(=O)c4ccc(Br)o4)n3)cc21. The fourth-order valence-electron chi connectivity index (χ4n) is 3.01. The van der Waals surface area contributed by atoms with Crippen molar-refractivity contribution in [2.24, 2.45) is 0 Å². The zero-order chi connectivity index (χ0) is 19.7. The van der Waals surface area contributed by atoms with E-state index in [1.54, 1.807) is 12.1 Å². The van der Waals surface area contributed by atoms with Crippen LogP contribution in [0.2, 0.25) is 0 Å². The van der Waals surface area contributed by atoms with Crippen LogP contribution in [0.5, 0.6) is 5.75 Å². The van der Waals surface area contributed by atoms with Crippen LogP contribution in [0.3, 0.4) is 0 Å². The van der Waals surface area contributed by atoms with Gasteiger partial charge in [-0.15, -0.1) is 11.3 Å². The van der Waals surface area contributed by atoms with Crippen molar-refractivity contribution in [3.05, 3.63) is 51.7 Å². The summed E-state index contributed by atoms with van der Waals surface area (Å²) in [4.78, 5) is 28.2. The Labute approximate surface area is 173 Å². The average Bonchev–Trinajstić information content (AvgIpc) is 3.30. The first-order valence-corrected chi connectivity index (χ1v) is 10.2. The lowest BCUT2D eigenvalue weighted by Crippen LogP contribution is -2.30. The number of carbonyl (C=O) groups is 2. The molecule has 3 aromatic rings. The van der Waals surface area contributed by atoms with E-state index in [0.717, 1.165) is 22.6 Å². The molecule has 144 valence electrons. The maximum atomic E-state index is 12.2. The monoisotopic (exact) mass is 461 g/mol. The molecule has 9 heteroatoms. The van der Waals surface area contributed by atoms with E-state index in [1.807, 2.05) is 23.6 Å². The highest BCUT2D eigenvalue weighted by molar-refractivity contribution is 9.10. The Morgan fingerprint density at radius 1 is 1.29 bits per heavy atom. The molecule has 4 rings (SSSR count). The Hall–Kier alpha value is -2.65. The second kappa shape index (κ2) is 7.76. The molecule has 0 saturated heterocycles. The first kappa shape index (κ1) is 18.7. The highest BCUT2D eigenvalue weighted by atomic mass is 79.9. The number of amides is 2. The zero-order valence-electron chi connectivity index (χ0n) is 14.8. The Kier molecular flexibility index (Phi) is 5.19. The highest BCUT2D eigenvalue weighted by Gasteiger charge is 2.23. The smallest absolute Gasteiger partial charge is 0.293 e. The van der Waals surface area contributed by atoms with Crippen molar-refractivity contribution < 1.29 is 18.7 Å². The molecule has 0 spiro atoms. The molecule has 1 aliphatic heterocycles. The zero-order valence-corrected chi connectivity index (χ0v) is 17.2. The van der Waals surface area contributed by atoms with Gasteiger partial charge in [0.15, 0.2) is 15.6 Å². The second-order valence-electron chi connectivity index (χ2n) is 6.24. The van der Waals surface area contributed by atoms with Gasteiger partial charge in [0.1, 0.15) is 5.75 Å². The first-order chi connectivity index (χ1) is 13.5. The molecular formula is C19H16BrN3O4S. The van der Waals surface area contributed by atoms with Gasteiger partial charge in [-0.2, -0.15) is 0 Å². The van der Waals surface area contributed by atoms with Crippen molar-refractivity contribution in [2.75, 3.05) is 11.9 Å². The van der Waals surface area contributed by atoms with Gasteiger partial charge in [0.25, 0.3) is 5.91 Å². The highest BCUT2D eigenvalue weighted by Crippen LogP contribution is 2.36. The minimum atomic E-state index is -0.365. The summed E-state index contributed by atoms with van der Waals surface area (Å²) in [5, 5.41) is 8.03. The molecule has 0 fully saturated rings. The number of furan rings is 1. The molecule has 0 saturated carbocycles. The standard InChI is InChI=1S/C19H16BrN3O4S/c1-10(24)21-13-6-7-26-15-3-2-11(8-12(13)15)14-9-28-19(22-14)23-18(25)16-4-5-17(20)27-16/h2-5,8-9,13H,6-7H2,1H3,(H,21,24)(H,22,23,25). The van der Waals surface area contributed by atoms with Crippen LogP contribution in [-0.2, 0) is 4.79 Å². The first-order valence-electron chi connectivity index (χ1n) is 8.56. The number of anilines is 1. The lowest BCUT2D eigenvalue weighted by molar-refractivity contribution is -0.119. The molecule has 28 heavy (non-hydrogen) atoms. The minimum Gasteiger partial charge on any atom is -0.493 e. The molecule has 0 aliphatic carbocycles. The lowest BCUT2D eigenvalue weighted by Gasteiger charge is -2.26. The predicted octanol–water partition coefficient (Wildman–Crippen LogP) is 4.38. The normalized spacial score (nSPS) is 15.4.